The van der Waals surface area contributed by atoms with E-state index in [1.807, 2.05) is 0 Å². The van der Waals surface area contributed by atoms with E-state index in [2.05, 4.69) is 0 Å². The van der Waals surface area contributed by atoms with Gasteiger partial charge in [-0.05, 0) is 24.3 Å². The van der Waals surface area contributed by atoms with Gasteiger partial charge in [0.05, 0.1) is 31.0 Å². The van der Waals surface area contributed by atoms with E-state index in [0.29, 0.717) is 33.7 Å². The molecular formula is C23H21BrN2O8. The van der Waals surface area contributed by atoms with Gasteiger partial charge in [-0.15, -0.1) is 17.0 Å². The number of methoxy groups -OCH3 is 1. The number of benzene rings is 2. The first-order valence-corrected chi connectivity index (χ1v) is 9.37. The molecule has 0 bridgehead atoms. The predicted octanol–water partition coefficient (Wildman–Crippen LogP) is 4.75. The van der Waals surface area contributed by atoms with E-state index < -0.39 is 11.9 Å². The lowest BCUT2D eigenvalue weighted by molar-refractivity contribution is 0.0652. The highest BCUT2D eigenvalue weighted by Gasteiger charge is 2.15. The van der Waals surface area contributed by atoms with Crippen molar-refractivity contribution in [2.45, 2.75) is 0 Å². The number of hydrogen-bond donors (Lipinski definition) is 5. The highest BCUT2D eigenvalue weighted by molar-refractivity contribution is 8.93. The first-order chi connectivity index (χ1) is 15.7. The number of aromatic hydroxyl groups is 1. The molecule has 0 amide bonds. The number of anilines is 2. The third-order valence-electron chi connectivity index (χ3n) is 4.56. The zero-order chi connectivity index (χ0) is 24.1. The molecule has 0 aliphatic heterocycles. The molecule has 4 rings (SSSR count). The molecular weight excluding hydrogens is 512 g/mol. The third kappa shape index (κ3) is 5.51. The Morgan fingerprint density at radius 1 is 0.824 bits per heavy atom. The number of nitrogens with two attached hydrogens (primary N) is 2. The first-order valence-electron chi connectivity index (χ1n) is 9.37. The number of carboxylic acid groups (broad SMARTS) is 2. The van der Waals surface area contributed by atoms with Crippen molar-refractivity contribution in [2.75, 3.05) is 18.6 Å². The minimum atomic E-state index is -1.16. The molecule has 0 aliphatic carbocycles. The summed E-state index contributed by atoms with van der Waals surface area (Å²) in [6, 6.07) is 12.9. The number of aromatic carboxylic acids is 2. The molecule has 2 aromatic carbocycles. The summed E-state index contributed by atoms with van der Waals surface area (Å²) in [7, 11) is 1.51. The van der Waals surface area contributed by atoms with E-state index in [1.165, 1.54) is 31.8 Å². The van der Waals surface area contributed by atoms with Crippen molar-refractivity contribution in [1.82, 2.24) is 0 Å². The second-order valence-electron chi connectivity index (χ2n) is 6.68. The van der Waals surface area contributed by atoms with Crippen LogP contribution in [0.15, 0.2) is 69.9 Å². The second kappa shape index (κ2) is 11.0. The van der Waals surface area contributed by atoms with Crippen molar-refractivity contribution in [3.05, 3.63) is 72.6 Å². The van der Waals surface area contributed by atoms with Crippen molar-refractivity contribution in [1.29, 1.82) is 0 Å². The second-order valence-corrected chi connectivity index (χ2v) is 6.68. The Hall–Kier alpha value is -4.38. The van der Waals surface area contributed by atoms with Crippen LogP contribution < -0.4 is 16.2 Å². The number of para-hydroxylation sites is 2. The molecule has 0 saturated heterocycles. The molecule has 10 nitrogen and oxygen atoms in total. The van der Waals surface area contributed by atoms with Crippen molar-refractivity contribution in [3.63, 3.8) is 0 Å². The van der Waals surface area contributed by atoms with Gasteiger partial charge in [0.15, 0.2) is 0 Å². The lowest BCUT2D eigenvalue weighted by Crippen LogP contribution is -1.94. The number of halogens is 1. The Balaban J connectivity index is 0.000000234. The number of carboxylic acids is 2. The van der Waals surface area contributed by atoms with Gasteiger partial charge in [-0.25, -0.2) is 9.59 Å². The van der Waals surface area contributed by atoms with Crippen LogP contribution in [0.5, 0.6) is 11.5 Å². The van der Waals surface area contributed by atoms with Crippen LogP contribution in [-0.4, -0.2) is 34.4 Å². The van der Waals surface area contributed by atoms with Crippen molar-refractivity contribution < 1.29 is 38.5 Å². The van der Waals surface area contributed by atoms with Gasteiger partial charge in [-0.1, -0.05) is 24.3 Å². The highest BCUT2D eigenvalue weighted by atomic mass is 79.9. The van der Waals surface area contributed by atoms with E-state index in [0.717, 1.165) is 0 Å². The van der Waals surface area contributed by atoms with Gasteiger partial charge >= 0.3 is 11.9 Å². The van der Waals surface area contributed by atoms with Gasteiger partial charge in [0.1, 0.15) is 11.5 Å². The van der Waals surface area contributed by atoms with E-state index in [1.54, 1.807) is 36.4 Å². The fourth-order valence-electron chi connectivity index (χ4n) is 2.98. The van der Waals surface area contributed by atoms with Gasteiger partial charge in [0.2, 0.25) is 11.5 Å². The molecule has 0 atom stereocenters. The monoisotopic (exact) mass is 532 g/mol. The lowest BCUT2D eigenvalue weighted by Gasteiger charge is -2.08. The molecule has 0 radical (unpaired) electrons. The summed E-state index contributed by atoms with van der Waals surface area (Å²) in [5.41, 5.74) is 14.2. The number of hydrogen-bond acceptors (Lipinski definition) is 8. The number of phenolic OH excluding ortho intramolecular Hbond substituents is 1. The predicted molar refractivity (Wildman–Crippen MR) is 130 cm³/mol. The minimum absolute atomic E-state index is 0. The maximum atomic E-state index is 10.7. The van der Waals surface area contributed by atoms with Gasteiger partial charge in [0.25, 0.3) is 0 Å². The van der Waals surface area contributed by atoms with Crippen LogP contribution in [0.2, 0.25) is 0 Å². The van der Waals surface area contributed by atoms with Gasteiger partial charge < -0.3 is 40.4 Å². The van der Waals surface area contributed by atoms with Gasteiger partial charge in [0, 0.05) is 22.3 Å². The van der Waals surface area contributed by atoms with Gasteiger partial charge in [-0.2, -0.15) is 0 Å². The van der Waals surface area contributed by atoms with E-state index in [9.17, 15) is 14.7 Å². The van der Waals surface area contributed by atoms with Crippen LogP contribution in [0.1, 0.15) is 21.1 Å². The molecule has 2 heterocycles. The van der Waals surface area contributed by atoms with E-state index in [4.69, 9.17) is 35.3 Å². The molecule has 0 unspecified atom stereocenters. The van der Waals surface area contributed by atoms with Crippen LogP contribution in [-0.2, 0) is 0 Å². The fourth-order valence-corrected chi connectivity index (χ4v) is 2.98. The Labute approximate surface area is 203 Å². The summed E-state index contributed by atoms with van der Waals surface area (Å²) < 4.78 is 14.9. The number of rotatable bonds is 5. The molecule has 178 valence electrons. The summed E-state index contributed by atoms with van der Waals surface area (Å²) in [5, 5.41) is 27.1. The van der Waals surface area contributed by atoms with Crippen molar-refractivity contribution >= 4 is 40.3 Å². The number of nitrogen functional groups attached to an aromatic ring is 2. The molecule has 2 aromatic heterocycles. The summed E-state index contributed by atoms with van der Waals surface area (Å²) in [6.07, 6.45) is 2.62. The number of carbonyl (C=O) groups is 2. The van der Waals surface area contributed by atoms with Crippen molar-refractivity contribution in [2.24, 2.45) is 0 Å². The maximum absolute atomic E-state index is 10.7. The summed E-state index contributed by atoms with van der Waals surface area (Å²) in [6.45, 7) is 0. The van der Waals surface area contributed by atoms with Crippen molar-refractivity contribution in [3.8, 4) is 33.8 Å². The Morgan fingerprint density at radius 2 is 1.29 bits per heavy atom. The maximum Gasteiger partial charge on any atom is 0.371 e. The topological polar surface area (TPSA) is 182 Å². The first kappa shape index (κ1) is 25.9. The zero-order valence-corrected chi connectivity index (χ0v) is 19.4. The fraction of sp³-hybridized carbons (Fsp3) is 0.0435. The molecule has 0 spiro atoms. The van der Waals surface area contributed by atoms with Crippen LogP contribution in [0.4, 0.5) is 11.4 Å². The molecule has 11 heteroatoms. The lowest BCUT2D eigenvalue weighted by atomic mass is 10.1. The summed E-state index contributed by atoms with van der Waals surface area (Å²) in [4.78, 5) is 21.3. The summed E-state index contributed by atoms with van der Waals surface area (Å²) in [5.74, 6) is -2.15. The highest BCUT2D eigenvalue weighted by Crippen LogP contribution is 2.36. The molecule has 0 saturated carbocycles. The Kier molecular flexibility index (Phi) is 8.35. The normalized spacial score (nSPS) is 9.91. The van der Waals surface area contributed by atoms with Gasteiger partial charge in [-0.3, -0.25) is 0 Å². The number of ether oxygens (including phenoxy) is 1. The SMILES string of the molecule is Br.COc1c(N)cccc1-c1coc(C(=O)O)c1.Nc1cccc(-c2coc(C(=O)O)c2)c1O. The summed E-state index contributed by atoms with van der Waals surface area (Å²) >= 11 is 0. The quantitative estimate of drug-likeness (QED) is 0.177. The Morgan fingerprint density at radius 3 is 1.76 bits per heavy atom. The zero-order valence-electron chi connectivity index (χ0n) is 17.7. The largest absolute Gasteiger partial charge is 0.505 e. The number of phenols is 1. The minimum Gasteiger partial charge on any atom is -0.505 e. The van der Waals surface area contributed by atoms with E-state index in [-0.39, 0.29) is 39.9 Å². The smallest absolute Gasteiger partial charge is 0.371 e. The van der Waals surface area contributed by atoms with Crippen LogP contribution in [0, 0.1) is 0 Å². The van der Waals surface area contributed by atoms with Crippen LogP contribution in [0.25, 0.3) is 22.3 Å². The molecule has 7 N–H and O–H groups in total. The molecule has 34 heavy (non-hydrogen) atoms. The standard InChI is InChI=1S/C12H11NO4.C11H9NO4.BrH/c1-16-11-8(3-2-4-9(11)13)7-5-10(12(14)15)17-6-7;12-8-3-1-2-7(10(8)13)6-4-9(11(14)15)16-5-6;/h2-6H,13H2,1H3,(H,14,15);1-5,13H,12H2,(H,14,15);1H. The molecule has 0 fully saturated rings. The van der Waals surface area contributed by atoms with Crippen LogP contribution in [0.3, 0.4) is 0 Å². The van der Waals surface area contributed by atoms with E-state index >= 15 is 0 Å². The van der Waals surface area contributed by atoms with Crippen LogP contribution >= 0.6 is 17.0 Å². The molecule has 4 aromatic rings. The average Bonchev–Trinajstić information content (AvgIpc) is 3.46. The Bertz CT molecular complexity index is 1310. The average molecular weight is 533 g/mol. The molecule has 0 aliphatic rings. The third-order valence-corrected chi connectivity index (χ3v) is 4.56. The number of furan rings is 2.